The van der Waals surface area contributed by atoms with Gasteiger partial charge in [-0.15, -0.1) is 16.4 Å². The van der Waals surface area contributed by atoms with Crippen LogP contribution in [-0.2, 0) is 12.8 Å². The van der Waals surface area contributed by atoms with E-state index in [1.165, 1.54) is 40.6 Å². The van der Waals surface area contributed by atoms with Gasteiger partial charge in [0.1, 0.15) is 4.83 Å². The predicted octanol–water partition coefficient (Wildman–Crippen LogP) is 7.57. The van der Waals surface area contributed by atoms with Gasteiger partial charge in [0.05, 0.1) is 16.3 Å². The number of fused-ring (bicyclic) bond motifs is 2. The summed E-state index contributed by atoms with van der Waals surface area (Å²) in [6.45, 7) is 4.05. The summed E-state index contributed by atoms with van der Waals surface area (Å²) in [7, 11) is 0. The van der Waals surface area contributed by atoms with E-state index in [1.807, 2.05) is 26.0 Å². The average molecular weight is 518 g/mol. The first-order valence-electron chi connectivity index (χ1n) is 11.8. The van der Waals surface area contributed by atoms with Gasteiger partial charge >= 0.3 is 0 Å². The van der Waals surface area contributed by atoms with E-state index in [0.29, 0.717) is 0 Å². The maximum atomic E-state index is 6.26. The van der Waals surface area contributed by atoms with Crippen LogP contribution in [0.15, 0.2) is 64.0 Å². The fraction of sp³-hybridized carbons (Fsp3) is 0.259. The summed E-state index contributed by atoms with van der Waals surface area (Å²) < 4.78 is 2.18. The maximum Gasteiger partial charge on any atom is 0.209 e. The van der Waals surface area contributed by atoms with Crippen molar-refractivity contribution in [1.29, 1.82) is 0 Å². The second-order valence-electron chi connectivity index (χ2n) is 8.88. The van der Waals surface area contributed by atoms with Crippen molar-refractivity contribution in [1.82, 2.24) is 9.55 Å². The molecule has 2 aliphatic rings. The largest absolute Gasteiger partial charge is 0.322 e. The minimum absolute atomic E-state index is 0.723. The molecule has 0 unspecified atom stereocenters. The Bertz CT molecular complexity index is 1510. The van der Waals surface area contributed by atoms with Gasteiger partial charge in [0.15, 0.2) is 0 Å². The third kappa shape index (κ3) is 4.26. The van der Waals surface area contributed by atoms with Crippen LogP contribution in [0.2, 0.25) is 5.02 Å². The van der Waals surface area contributed by atoms with Gasteiger partial charge in [-0.25, -0.2) is 9.98 Å². The fourth-order valence-corrected chi connectivity index (χ4v) is 6.78. The third-order valence-electron chi connectivity index (χ3n) is 6.40. The van der Waals surface area contributed by atoms with E-state index in [-0.39, 0.29) is 0 Å². The van der Waals surface area contributed by atoms with Crippen molar-refractivity contribution < 1.29 is 0 Å². The lowest BCUT2D eigenvalue weighted by Gasteiger charge is -2.21. The predicted molar refractivity (Wildman–Crippen MR) is 151 cm³/mol. The minimum Gasteiger partial charge on any atom is -0.322 e. The molecule has 35 heavy (non-hydrogen) atoms. The Morgan fingerprint density at radius 3 is 2.60 bits per heavy atom. The van der Waals surface area contributed by atoms with Gasteiger partial charge in [0.2, 0.25) is 5.17 Å². The first-order valence-corrected chi connectivity index (χ1v) is 13.9. The zero-order chi connectivity index (χ0) is 23.9. The first kappa shape index (κ1) is 22.7. The summed E-state index contributed by atoms with van der Waals surface area (Å²) in [5.74, 6) is 0.880. The maximum absolute atomic E-state index is 6.26. The molecule has 0 spiro atoms. The summed E-state index contributed by atoms with van der Waals surface area (Å²) in [5, 5.41) is 11.7. The molecule has 0 amide bonds. The van der Waals surface area contributed by atoms with Crippen LogP contribution in [0, 0.1) is 0 Å². The zero-order valence-electron chi connectivity index (χ0n) is 19.6. The van der Waals surface area contributed by atoms with E-state index in [9.17, 15) is 0 Å². The second-order valence-corrected chi connectivity index (χ2v) is 11.3. The monoisotopic (exact) mass is 517 g/mol. The molecule has 1 aromatic carbocycles. The molecule has 0 saturated carbocycles. The topological polar surface area (TPSA) is 54.9 Å². The SMILES string of the molecule is CC1=N/C(=N\N=C(/C)c2sc3nc4c(c(-c5ccc(Cl)cc5)c3c2-n2cccc2)CCCC4)SC1. The second kappa shape index (κ2) is 9.37. The molecule has 6 rings (SSSR count). The van der Waals surface area contributed by atoms with Gasteiger partial charge < -0.3 is 4.57 Å². The quantitative estimate of drug-likeness (QED) is 0.207. The number of hydrogen-bond donors (Lipinski definition) is 0. The van der Waals surface area contributed by atoms with Gasteiger partial charge in [-0.1, -0.05) is 35.5 Å². The van der Waals surface area contributed by atoms with Gasteiger partial charge in [-0.2, -0.15) is 5.10 Å². The average Bonchev–Trinajstić information content (AvgIpc) is 3.61. The number of aliphatic imine (C=N–C) groups is 1. The molecule has 4 heterocycles. The lowest BCUT2D eigenvalue weighted by atomic mass is 9.87. The van der Waals surface area contributed by atoms with Crippen molar-refractivity contribution in [3.05, 3.63) is 69.9 Å². The normalized spacial score (nSPS) is 17.3. The number of thioether (sulfide) groups is 1. The highest BCUT2D eigenvalue weighted by atomic mass is 35.5. The summed E-state index contributed by atoms with van der Waals surface area (Å²) in [4.78, 5) is 11.8. The number of pyridine rings is 1. The van der Waals surface area contributed by atoms with Crippen molar-refractivity contribution >= 4 is 61.5 Å². The van der Waals surface area contributed by atoms with Crippen molar-refractivity contribution in [2.45, 2.75) is 39.5 Å². The Morgan fingerprint density at radius 1 is 1.09 bits per heavy atom. The van der Waals surface area contributed by atoms with E-state index >= 15 is 0 Å². The standard InChI is InChI=1S/C27H24ClN5S2/c1-16-15-34-27(29-16)32-31-17(2)25-24(33-13-5-6-14-33)23-22(18-9-11-19(28)12-10-18)20-7-3-4-8-21(20)30-26(23)35-25/h5-6,9-14H,3-4,7-8,15H2,1-2H3/b31-17+,32-27+. The van der Waals surface area contributed by atoms with Crippen LogP contribution in [0.3, 0.4) is 0 Å². The first-order chi connectivity index (χ1) is 17.1. The highest BCUT2D eigenvalue weighted by molar-refractivity contribution is 8.14. The number of aromatic nitrogens is 2. The van der Waals surface area contributed by atoms with Gasteiger partial charge in [-0.3, -0.25) is 0 Å². The molecule has 3 aromatic heterocycles. The van der Waals surface area contributed by atoms with E-state index in [4.69, 9.17) is 16.6 Å². The molecular formula is C27H24ClN5S2. The highest BCUT2D eigenvalue weighted by Crippen LogP contribution is 2.44. The van der Waals surface area contributed by atoms with Crippen LogP contribution in [-0.4, -0.2) is 31.9 Å². The highest BCUT2D eigenvalue weighted by Gasteiger charge is 2.26. The van der Waals surface area contributed by atoms with Crippen LogP contribution in [0.4, 0.5) is 0 Å². The Morgan fingerprint density at radius 2 is 1.86 bits per heavy atom. The van der Waals surface area contributed by atoms with Crippen molar-refractivity contribution in [3.8, 4) is 16.8 Å². The summed E-state index contributed by atoms with van der Waals surface area (Å²) in [6.07, 6.45) is 8.62. The van der Waals surface area contributed by atoms with E-state index < -0.39 is 0 Å². The molecule has 0 saturated heterocycles. The Kier molecular flexibility index (Phi) is 6.08. The molecule has 0 bridgehead atoms. The summed E-state index contributed by atoms with van der Waals surface area (Å²) in [5.41, 5.74) is 8.11. The molecule has 0 atom stereocenters. The van der Waals surface area contributed by atoms with Crippen LogP contribution in [0.25, 0.3) is 27.0 Å². The number of aryl methyl sites for hydroxylation is 1. The lowest BCUT2D eigenvalue weighted by Crippen LogP contribution is -2.08. The van der Waals surface area contributed by atoms with Gasteiger partial charge in [-0.05, 0) is 80.5 Å². The van der Waals surface area contributed by atoms with Crippen molar-refractivity contribution in [2.75, 3.05) is 5.75 Å². The van der Waals surface area contributed by atoms with E-state index in [0.717, 1.165) is 55.6 Å². The molecule has 1 aliphatic heterocycles. The molecular weight excluding hydrogens is 494 g/mol. The molecule has 1 aliphatic carbocycles. The Hall–Kier alpha value is -2.74. The molecule has 5 nitrogen and oxygen atoms in total. The molecule has 8 heteroatoms. The lowest BCUT2D eigenvalue weighted by molar-refractivity contribution is 0.673. The van der Waals surface area contributed by atoms with Gasteiger partial charge in [0.25, 0.3) is 0 Å². The van der Waals surface area contributed by atoms with Crippen LogP contribution < -0.4 is 0 Å². The summed E-state index contributed by atoms with van der Waals surface area (Å²) >= 11 is 9.59. The third-order valence-corrected chi connectivity index (χ3v) is 8.82. The number of hydrogen-bond acceptors (Lipinski definition) is 5. The molecule has 0 radical (unpaired) electrons. The number of halogens is 1. The Labute approximate surface area is 217 Å². The minimum atomic E-state index is 0.723. The molecule has 176 valence electrons. The Balaban J connectivity index is 1.64. The molecule has 4 aromatic rings. The van der Waals surface area contributed by atoms with Crippen LogP contribution in [0.5, 0.6) is 0 Å². The van der Waals surface area contributed by atoms with Gasteiger partial charge in [0, 0.05) is 40.0 Å². The molecule has 0 fully saturated rings. The molecule has 0 N–H and O–H groups in total. The number of benzene rings is 1. The van der Waals surface area contributed by atoms with Crippen molar-refractivity contribution in [2.24, 2.45) is 15.2 Å². The van der Waals surface area contributed by atoms with Crippen LogP contribution >= 0.6 is 34.7 Å². The number of thiophene rings is 1. The zero-order valence-corrected chi connectivity index (χ0v) is 22.0. The summed E-state index contributed by atoms with van der Waals surface area (Å²) in [6, 6.07) is 12.3. The van der Waals surface area contributed by atoms with E-state index in [1.54, 1.807) is 23.1 Å². The number of rotatable bonds is 4. The fourth-order valence-electron chi connectivity index (χ4n) is 4.79. The van der Waals surface area contributed by atoms with Crippen LogP contribution in [0.1, 0.15) is 42.8 Å². The van der Waals surface area contributed by atoms with Crippen molar-refractivity contribution in [3.63, 3.8) is 0 Å². The number of nitrogens with zero attached hydrogens (tertiary/aromatic N) is 5. The smallest absolute Gasteiger partial charge is 0.209 e. The van der Waals surface area contributed by atoms with E-state index in [2.05, 4.69) is 56.4 Å². The number of amidine groups is 1.